The van der Waals surface area contributed by atoms with E-state index >= 15 is 0 Å². The van der Waals surface area contributed by atoms with Gasteiger partial charge in [-0.05, 0) is 6.42 Å². The Balaban J connectivity index is 6.95. The van der Waals surface area contributed by atoms with Gasteiger partial charge in [0.1, 0.15) is 0 Å². The van der Waals surface area contributed by atoms with Crippen LogP contribution < -0.4 is 0 Å². The number of alkyl halides is 13. The Labute approximate surface area is 144 Å². The molecule has 0 aromatic carbocycles. The van der Waals surface area contributed by atoms with Crippen molar-refractivity contribution in [3.63, 3.8) is 0 Å². The minimum Gasteiger partial charge on any atom is -0.480 e. The standard InChI is InChI=1S/C11H7F13O4/c1-2-5(3(25)26,4(27)28)6(12,13)7(14,15)8(16,17)9(18,19)10(20,21)11(22,23)24/h2H2,1H3,(H,25,26)(H,27,28). The van der Waals surface area contributed by atoms with Gasteiger partial charge in [0.2, 0.25) is 5.41 Å². The third kappa shape index (κ3) is 2.84. The topological polar surface area (TPSA) is 74.6 Å². The van der Waals surface area contributed by atoms with Crippen molar-refractivity contribution in [3.8, 4) is 0 Å². The van der Waals surface area contributed by atoms with Crippen LogP contribution in [0.2, 0.25) is 0 Å². The summed E-state index contributed by atoms with van der Waals surface area (Å²) in [5, 5.41) is 17.0. The molecule has 0 saturated heterocycles. The molecule has 0 atom stereocenters. The summed E-state index contributed by atoms with van der Waals surface area (Å²) in [6.45, 7) is 0.0901. The molecule has 0 aliphatic heterocycles. The zero-order chi connectivity index (χ0) is 23.4. The van der Waals surface area contributed by atoms with Crippen LogP contribution >= 0.6 is 0 Å². The maximum absolute atomic E-state index is 13.9. The summed E-state index contributed by atoms with van der Waals surface area (Å²) in [6, 6.07) is 0. The van der Waals surface area contributed by atoms with E-state index in [1.165, 1.54) is 0 Å². The van der Waals surface area contributed by atoms with Gasteiger partial charge in [-0.1, -0.05) is 6.92 Å². The summed E-state index contributed by atoms with van der Waals surface area (Å²) in [7, 11) is 0. The molecule has 166 valence electrons. The Hall–Kier alpha value is -1.97. The summed E-state index contributed by atoms with van der Waals surface area (Å²) < 4.78 is 169. The van der Waals surface area contributed by atoms with Crippen molar-refractivity contribution in [2.45, 2.75) is 49.1 Å². The van der Waals surface area contributed by atoms with E-state index in [1.807, 2.05) is 0 Å². The van der Waals surface area contributed by atoms with Crippen LogP contribution in [0.5, 0.6) is 0 Å². The van der Waals surface area contributed by atoms with E-state index in [-0.39, 0.29) is 6.92 Å². The maximum atomic E-state index is 13.9. The Morgan fingerprint density at radius 1 is 0.571 bits per heavy atom. The second-order valence-electron chi connectivity index (χ2n) is 5.24. The summed E-state index contributed by atoms with van der Waals surface area (Å²) >= 11 is 0. The molecule has 0 fully saturated rings. The van der Waals surface area contributed by atoms with Crippen LogP contribution in [0.15, 0.2) is 0 Å². The van der Waals surface area contributed by atoms with Gasteiger partial charge in [0.05, 0.1) is 0 Å². The highest BCUT2D eigenvalue weighted by atomic mass is 19.4. The number of rotatable bonds is 8. The lowest BCUT2D eigenvalue weighted by Gasteiger charge is -2.43. The van der Waals surface area contributed by atoms with E-state index in [2.05, 4.69) is 0 Å². The van der Waals surface area contributed by atoms with Gasteiger partial charge in [0.15, 0.2) is 0 Å². The highest BCUT2D eigenvalue weighted by molar-refractivity contribution is 5.99. The molecule has 0 bridgehead atoms. The molecule has 0 radical (unpaired) electrons. The number of hydrogen-bond acceptors (Lipinski definition) is 2. The number of halogens is 13. The van der Waals surface area contributed by atoms with Gasteiger partial charge in [-0.3, -0.25) is 9.59 Å². The molecular weight excluding hydrogens is 443 g/mol. The van der Waals surface area contributed by atoms with Gasteiger partial charge in [-0.2, -0.15) is 57.1 Å². The fourth-order valence-corrected chi connectivity index (χ4v) is 1.92. The molecule has 0 heterocycles. The van der Waals surface area contributed by atoms with Gasteiger partial charge in [0, 0.05) is 0 Å². The minimum absolute atomic E-state index is 0.0901. The number of aliphatic carboxylic acids is 2. The van der Waals surface area contributed by atoms with Crippen molar-refractivity contribution < 1.29 is 76.9 Å². The van der Waals surface area contributed by atoms with Crippen LogP contribution in [0.4, 0.5) is 57.1 Å². The van der Waals surface area contributed by atoms with E-state index < -0.39 is 59.6 Å². The zero-order valence-electron chi connectivity index (χ0n) is 12.8. The minimum atomic E-state index is -8.27. The van der Waals surface area contributed by atoms with Crippen molar-refractivity contribution in [1.29, 1.82) is 0 Å². The molecule has 0 unspecified atom stereocenters. The highest BCUT2D eigenvalue weighted by Crippen LogP contribution is 2.63. The first-order valence-electron chi connectivity index (χ1n) is 6.37. The van der Waals surface area contributed by atoms with Crippen LogP contribution in [0.3, 0.4) is 0 Å². The van der Waals surface area contributed by atoms with Gasteiger partial charge >= 0.3 is 47.7 Å². The summed E-state index contributed by atoms with van der Waals surface area (Å²) in [4.78, 5) is 21.5. The predicted octanol–water partition coefficient (Wildman–Crippen LogP) is 4.29. The largest absolute Gasteiger partial charge is 0.480 e. The van der Waals surface area contributed by atoms with Gasteiger partial charge in [0.25, 0.3) is 0 Å². The number of carboxylic acids is 2. The number of carboxylic acid groups (broad SMARTS) is 2. The van der Waals surface area contributed by atoms with Gasteiger partial charge < -0.3 is 10.2 Å². The monoisotopic (exact) mass is 450 g/mol. The highest BCUT2D eigenvalue weighted by Gasteiger charge is 2.93. The molecule has 28 heavy (non-hydrogen) atoms. The summed E-state index contributed by atoms with van der Waals surface area (Å²) in [5.74, 6) is -46.8. The van der Waals surface area contributed by atoms with E-state index in [0.29, 0.717) is 0 Å². The second kappa shape index (κ2) is 6.53. The second-order valence-corrected chi connectivity index (χ2v) is 5.24. The number of hydrogen-bond donors (Lipinski definition) is 2. The summed E-state index contributed by atoms with van der Waals surface area (Å²) in [6.07, 6.45) is -9.82. The normalized spacial score (nSPS) is 15.5. The third-order valence-corrected chi connectivity index (χ3v) is 3.73. The SMILES string of the molecule is CCC(C(=O)O)(C(=O)O)C(F)(F)C(F)(F)C(F)(F)C(F)(F)C(F)(F)C(F)(F)F. The zero-order valence-corrected chi connectivity index (χ0v) is 12.8. The molecule has 0 aliphatic rings. The first kappa shape index (κ1) is 26.0. The molecule has 0 amide bonds. The van der Waals surface area contributed by atoms with Crippen molar-refractivity contribution >= 4 is 11.9 Å². The molecule has 0 spiro atoms. The van der Waals surface area contributed by atoms with Crippen molar-refractivity contribution in [1.82, 2.24) is 0 Å². The molecule has 4 nitrogen and oxygen atoms in total. The van der Waals surface area contributed by atoms with Crippen molar-refractivity contribution in [2.75, 3.05) is 0 Å². The number of carbonyl (C=O) groups is 2. The Morgan fingerprint density at radius 3 is 1.04 bits per heavy atom. The molecular formula is C11H7F13O4. The van der Waals surface area contributed by atoms with Crippen LogP contribution in [-0.4, -0.2) is 57.9 Å². The average Bonchev–Trinajstić information content (AvgIpc) is 2.45. The van der Waals surface area contributed by atoms with Gasteiger partial charge in [-0.15, -0.1) is 0 Å². The summed E-state index contributed by atoms with van der Waals surface area (Å²) in [5.41, 5.74) is -5.29. The maximum Gasteiger partial charge on any atom is 0.460 e. The molecule has 2 N–H and O–H groups in total. The van der Waals surface area contributed by atoms with E-state index in [4.69, 9.17) is 10.2 Å². The smallest absolute Gasteiger partial charge is 0.460 e. The Kier molecular flexibility index (Phi) is 6.07. The lowest BCUT2D eigenvalue weighted by atomic mass is 9.73. The molecule has 0 saturated carbocycles. The molecule has 0 aromatic heterocycles. The van der Waals surface area contributed by atoms with Crippen LogP contribution in [-0.2, 0) is 9.59 Å². The predicted molar refractivity (Wildman–Crippen MR) is 58.8 cm³/mol. The van der Waals surface area contributed by atoms with E-state index in [0.717, 1.165) is 0 Å². The fourth-order valence-electron chi connectivity index (χ4n) is 1.92. The van der Waals surface area contributed by atoms with Gasteiger partial charge in [-0.25, -0.2) is 0 Å². The lowest BCUT2D eigenvalue weighted by molar-refractivity contribution is -0.445. The molecule has 0 rings (SSSR count). The first-order chi connectivity index (χ1) is 11.9. The molecule has 17 heteroatoms. The third-order valence-electron chi connectivity index (χ3n) is 3.73. The van der Waals surface area contributed by atoms with Crippen LogP contribution in [0, 0.1) is 5.41 Å². The molecule has 0 aromatic rings. The lowest BCUT2D eigenvalue weighted by Crippen LogP contribution is -2.74. The van der Waals surface area contributed by atoms with E-state index in [1.54, 1.807) is 0 Å². The quantitative estimate of drug-likeness (QED) is 0.428. The van der Waals surface area contributed by atoms with Crippen molar-refractivity contribution in [2.24, 2.45) is 5.41 Å². The average molecular weight is 450 g/mol. The van der Waals surface area contributed by atoms with Crippen LogP contribution in [0.1, 0.15) is 13.3 Å². The van der Waals surface area contributed by atoms with Crippen LogP contribution in [0.25, 0.3) is 0 Å². The van der Waals surface area contributed by atoms with E-state index in [9.17, 15) is 66.7 Å². The Morgan fingerprint density at radius 2 is 0.821 bits per heavy atom. The van der Waals surface area contributed by atoms with Crippen molar-refractivity contribution in [3.05, 3.63) is 0 Å². The Bertz CT molecular complexity index is 623. The molecule has 0 aliphatic carbocycles. The fraction of sp³-hybridized carbons (Fsp3) is 0.818. The first-order valence-corrected chi connectivity index (χ1v) is 6.37.